The van der Waals surface area contributed by atoms with E-state index in [0.717, 1.165) is 5.56 Å². The molecular weight excluding hydrogens is 392 g/mol. The lowest BCUT2D eigenvalue weighted by Crippen LogP contribution is -2.53. The van der Waals surface area contributed by atoms with Crippen molar-refractivity contribution < 1.29 is 18.4 Å². The number of carbonyl (C=O) groups is 2. The number of carbonyl (C=O) groups excluding carboxylic acids is 2. The van der Waals surface area contributed by atoms with Crippen molar-refractivity contribution in [1.82, 2.24) is 20.0 Å². The summed E-state index contributed by atoms with van der Waals surface area (Å²) in [6, 6.07) is 3.30. The zero-order valence-corrected chi connectivity index (χ0v) is 17.5. The molecule has 1 aliphatic heterocycles. The monoisotopic (exact) mass is 419 g/mol. The SMILES string of the molecule is CC(=O)N1CCN(Cc2cn[nH]c2-c2ccc(N(C)C=O)c(CCF)c2F)CC1C. The Bertz CT molecular complexity index is 917. The molecule has 1 aromatic carbocycles. The van der Waals surface area contributed by atoms with E-state index in [1.165, 1.54) is 11.9 Å². The van der Waals surface area contributed by atoms with E-state index in [4.69, 9.17) is 0 Å². The number of anilines is 1. The summed E-state index contributed by atoms with van der Waals surface area (Å²) < 4.78 is 28.4. The van der Waals surface area contributed by atoms with Crippen LogP contribution in [0.1, 0.15) is 25.0 Å². The van der Waals surface area contributed by atoms with E-state index >= 15 is 4.39 Å². The van der Waals surface area contributed by atoms with Crippen LogP contribution in [0.15, 0.2) is 18.3 Å². The number of halogens is 2. The molecule has 3 rings (SSSR count). The summed E-state index contributed by atoms with van der Waals surface area (Å²) in [5.41, 5.74) is 2.16. The number of rotatable bonds is 7. The van der Waals surface area contributed by atoms with Crippen LogP contribution in [0, 0.1) is 5.82 Å². The van der Waals surface area contributed by atoms with E-state index in [9.17, 15) is 14.0 Å². The summed E-state index contributed by atoms with van der Waals surface area (Å²) in [6.45, 7) is 5.48. The van der Waals surface area contributed by atoms with Gasteiger partial charge in [0.05, 0.1) is 18.6 Å². The van der Waals surface area contributed by atoms with Crippen molar-refractivity contribution in [3.05, 3.63) is 35.3 Å². The molecule has 1 atom stereocenters. The molecule has 0 spiro atoms. The van der Waals surface area contributed by atoms with Gasteiger partial charge in [0.25, 0.3) is 0 Å². The number of piperazine rings is 1. The minimum Gasteiger partial charge on any atom is -0.338 e. The van der Waals surface area contributed by atoms with Crippen molar-refractivity contribution in [1.29, 1.82) is 0 Å². The molecule has 9 heteroatoms. The van der Waals surface area contributed by atoms with Gasteiger partial charge in [0.1, 0.15) is 5.82 Å². The first-order valence-electron chi connectivity index (χ1n) is 9.95. The zero-order valence-electron chi connectivity index (χ0n) is 17.5. The number of alkyl halides is 1. The third-order valence-electron chi connectivity index (χ3n) is 5.60. The van der Waals surface area contributed by atoms with Gasteiger partial charge in [0.2, 0.25) is 12.3 Å². The second-order valence-corrected chi connectivity index (χ2v) is 7.65. The lowest BCUT2D eigenvalue weighted by Gasteiger charge is -2.39. The van der Waals surface area contributed by atoms with Gasteiger partial charge in [-0.3, -0.25) is 24.0 Å². The van der Waals surface area contributed by atoms with E-state index in [1.807, 2.05) is 11.8 Å². The third-order valence-corrected chi connectivity index (χ3v) is 5.60. The maximum atomic E-state index is 15.3. The standard InChI is InChI=1S/C21H27F2N5O2/c1-14-11-27(8-9-28(14)15(2)30)12-16-10-24-25-21(16)18-4-5-19(26(3)13-29)17(6-7-22)20(18)23/h4-5,10,13-14H,6-9,11-12H2,1-3H3,(H,24,25). The molecule has 0 bridgehead atoms. The van der Waals surface area contributed by atoms with Crippen molar-refractivity contribution in [2.45, 2.75) is 32.9 Å². The number of amides is 2. The number of aromatic nitrogens is 2. The van der Waals surface area contributed by atoms with E-state index in [2.05, 4.69) is 15.1 Å². The Hall–Kier alpha value is -2.81. The fourth-order valence-corrected chi connectivity index (χ4v) is 4.07. The van der Waals surface area contributed by atoms with Crippen LogP contribution in [0.25, 0.3) is 11.3 Å². The zero-order chi connectivity index (χ0) is 21.8. The van der Waals surface area contributed by atoms with Gasteiger partial charge in [-0.05, 0) is 19.1 Å². The predicted octanol–water partition coefficient (Wildman–Crippen LogP) is 2.37. The molecular formula is C21H27F2N5O2. The molecule has 0 aliphatic carbocycles. The number of benzene rings is 1. The van der Waals surface area contributed by atoms with Crippen LogP contribution >= 0.6 is 0 Å². The Kier molecular flexibility index (Phi) is 6.81. The van der Waals surface area contributed by atoms with Crippen LogP contribution in [-0.2, 0) is 22.6 Å². The second-order valence-electron chi connectivity index (χ2n) is 7.65. The molecule has 1 fully saturated rings. The summed E-state index contributed by atoms with van der Waals surface area (Å²) >= 11 is 0. The summed E-state index contributed by atoms with van der Waals surface area (Å²) in [4.78, 5) is 28.1. The van der Waals surface area contributed by atoms with E-state index < -0.39 is 12.5 Å². The Balaban J connectivity index is 1.87. The number of hydrogen-bond acceptors (Lipinski definition) is 4. The molecule has 30 heavy (non-hydrogen) atoms. The van der Waals surface area contributed by atoms with Crippen molar-refractivity contribution in [2.24, 2.45) is 0 Å². The lowest BCUT2D eigenvalue weighted by molar-refractivity contribution is -0.133. The largest absolute Gasteiger partial charge is 0.338 e. The highest BCUT2D eigenvalue weighted by Crippen LogP contribution is 2.32. The second kappa shape index (κ2) is 9.34. The van der Waals surface area contributed by atoms with E-state index in [-0.39, 0.29) is 23.9 Å². The van der Waals surface area contributed by atoms with Crippen LogP contribution in [0.5, 0.6) is 0 Å². The fraction of sp³-hybridized carbons (Fsp3) is 0.476. The average molecular weight is 419 g/mol. The minimum absolute atomic E-state index is 0.0639. The normalized spacial score (nSPS) is 17.2. The van der Waals surface area contributed by atoms with Crippen LogP contribution in [-0.4, -0.2) is 71.7 Å². The first kappa shape index (κ1) is 21.9. The fourth-order valence-electron chi connectivity index (χ4n) is 4.07. The van der Waals surface area contributed by atoms with Gasteiger partial charge < -0.3 is 9.80 Å². The maximum Gasteiger partial charge on any atom is 0.219 e. The number of aromatic amines is 1. The Morgan fingerprint density at radius 2 is 2.17 bits per heavy atom. The molecule has 2 heterocycles. The first-order chi connectivity index (χ1) is 14.4. The molecule has 0 radical (unpaired) electrons. The average Bonchev–Trinajstić information content (AvgIpc) is 3.16. The quantitative estimate of drug-likeness (QED) is 0.700. The van der Waals surface area contributed by atoms with Crippen molar-refractivity contribution >= 4 is 18.0 Å². The number of nitrogens with one attached hydrogen (secondary N) is 1. The number of hydrogen-bond donors (Lipinski definition) is 1. The van der Waals surface area contributed by atoms with Crippen LogP contribution in [0.2, 0.25) is 0 Å². The highest BCUT2D eigenvalue weighted by Gasteiger charge is 2.27. The predicted molar refractivity (Wildman–Crippen MR) is 110 cm³/mol. The van der Waals surface area contributed by atoms with Crippen molar-refractivity contribution in [3.8, 4) is 11.3 Å². The van der Waals surface area contributed by atoms with Gasteiger partial charge in [-0.2, -0.15) is 5.10 Å². The molecule has 1 N–H and O–H groups in total. The molecule has 1 aliphatic rings. The van der Waals surface area contributed by atoms with Crippen molar-refractivity contribution in [2.75, 3.05) is 38.3 Å². The summed E-state index contributed by atoms with van der Waals surface area (Å²) in [6.07, 6.45) is 2.11. The van der Waals surface area contributed by atoms with Crippen LogP contribution < -0.4 is 4.90 Å². The molecule has 0 saturated carbocycles. The highest BCUT2D eigenvalue weighted by molar-refractivity contribution is 5.79. The van der Waals surface area contributed by atoms with Gasteiger partial charge in [0, 0.05) is 75.0 Å². The Morgan fingerprint density at radius 1 is 1.40 bits per heavy atom. The minimum atomic E-state index is -0.728. The summed E-state index contributed by atoms with van der Waals surface area (Å²) in [5.74, 6) is -0.492. The van der Waals surface area contributed by atoms with Crippen molar-refractivity contribution in [3.63, 3.8) is 0 Å². The molecule has 2 aromatic rings. The van der Waals surface area contributed by atoms with Gasteiger partial charge in [-0.15, -0.1) is 0 Å². The molecule has 1 saturated heterocycles. The smallest absolute Gasteiger partial charge is 0.219 e. The molecule has 1 aromatic heterocycles. The molecule has 2 amide bonds. The number of nitrogens with zero attached hydrogens (tertiary/aromatic N) is 4. The lowest BCUT2D eigenvalue weighted by atomic mass is 10.00. The van der Waals surface area contributed by atoms with Gasteiger partial charge in [0.15, 0.2) is 0 Å². The maximum absolute atomic E-state index is 15.3. The molecule has 1 unspecified atom stereocenters. The van der Waals surface area contributed by atoms with E-state index in [0.29, 0.717) is 49.5 Å². The Labute approximate surface area is 174 Å². The summed E-state index contributed by atoms with van der Waals surface area (Å²) in [5, 5.41) is 6.96. The van der Waals surface area contributed by atoms with Gasteiger partial charge in [-0.25, -0.2) is 4.39 Å². The molecule has 7 nitrogen and oxygen atoms in total. The molecule has 162 valence electrons. The van der Waals surface area contributed by atoms with Crippen LogP contribution in [0.3, 0.4) is 0 Å². The highest BCUT2D eigenvalue weighted by atomic mass is 19.1. The summed E-state index contributed by atoms with van der Waals surface area (Å²) in [7, 11) is 1.51. The van der Waals surface area contributed by atoms with Gasteiger partial charge >= 0.3 is 0 Å². The Morgan fingerprint density at radius 3 is 2.80 bits per heavy atom. The third kappa shape index (κ3) is 4.35. The first-order valence-corrected chi connectivity index (χ1v) is 9.95. The van der Waals surface area contributed by atoms with E-state index in [1.54, 1.807) is 25.3 Å². The van der Waals surface area contributed by atoms with Crippen LogP contribution in [0.4, 0.5) is 14.5 Å². The topological polar surface area (TPSA) is 72.5 Å². The van der Waals surface area contributed by atoms with Gasteiger partial charge in [-0.1, -0.05) is 0 Å². The number of H-pyrrole nitrogens is 1.